The zero-order valence-corrected chi connectivity index (χ0v) is 18.8. The fourth-order valence-electron chi connectivity index (χ4n) is 3.95. The third-order valence-corrected chi connectivity index (χ3v) is 7.57. The molecule has 0 aliphatic carbocycles. The van der Waals surface area contributed by atoms with Crippen molar-refractivity contribution in [2.45, 2.75) is 43.3 Å². The lowest BCUT2D eigenvalue weighted by molar-refractivity contribution is -0.125. The number of benzene rings is 2. The van der Waals surface area contributed by atoms with Crippen LogP contribution in [0.25, 0.3) is 11.0 Å². The summed E-state index contributed by atoms with van der Waals surface area (Å²) < 4.78 is 35.0. The molecule has 2 aromatic carbocycles. The molecular weight excluding hydrogens is 430 g/mol. The Morgan fingerprint density at radius 1 is 1.19 bits per heavy atom. The molecule has 0 saturated carbocycles. The van der Waals surface area contributed by atoms with E-state index in [-0.39, 0.29) is 10.8 Å². The molecule has 4 rings (SSSR count). The van der Waals surface area contributed by atoms with E-state index in [1.54, 1.807) is 23.9 Å². The van der Waals surface area contributed by atoms with Gasteiger partial charge in [-0.05, 0) is 36.6 Å². The minimum absolute atomic E-state index is 0.117. The van der Waals surface area contributed by atoms with Gasteiger partial charge in [-0.15, -0.1) is 5.10 Å². The second-order valence-electron chi connectivity index (χ2n) is 7.79. The molecular formula is C22H27N5O4S. The minimum Gasteiger partial charge on any atom is -0.383 e. The average Bonchev–Trinajstić information content (AvgIpc) is 3.24. The minimum atomic E-state index is -3.87. The highest BCUT2D eigenvalue weighted by Gasteiger charge is 2.37. The van der Waals surface area contributed by atoms with Crippen LogP contribution in [0.2, 0.25) is 0 Å². The summed E-state index contributed by atoms with van der Waals surface area (Å²) in [5, 5.41) is 11.1. The van der Waals surface area contributed by atoms with E-state index in [4.69, 9.17) is 4.74 Å². The van der Waals surface area contributed by atoms with Crippen molar-refractivity contribution in [3.05, 3.63) is 54.1 Å². The van der Waals surface area contributed by atoms with Gasteiger partial charge in [0.1, 0.15) is 11.6 Å². The van der Waals surface area contributed by atoms with E-state index in [0.29, 0.717) is 38.2 Å². The van der Waals surface area contributed by atoms with E-state index in [1.807, 2.05) is 30.3 Å². The lowest BCUT2D eigenvalue weighted by Gasteiger charge is -2.33. The Balaban J connectivity index is 1.54. The molecule has 1 aromatic heterocycles. The van der Waals surface area contributed by atoms with Crippen molar-refractivity contribution in [1.82, 2.24) is 24.6 Å². The van der Waals surface area contributed by atoms with E-state index >= 15 is 0 Å². The van der Waals surface area contributed by atoms with Gasteiger partial charge in [0.15, 0.2) is 0 Å². The average molecular weight is 458 g/mol. The van der Waals surface area contributed by atoms with Crippen LogP contribution in [0.3, 0.4) is 0 Å². The van der Waals surface area contributed by atoms with E-state index in [9.17, 15) is 13.2 Å². The molecule has 9 nitrogen and oxygen atoms in total. The van der Waals surface area contributed by atoms with Crippen LogP contribution in [0.15, 0.2) is 53.4 Å². The number of hydrogen-bond donors (Lipinski definition) is 1. The molecule has 1 aliphatic heterocycles. The number of aromatic nitrogens is 3. The van der Waals surface area contributed by atoms with Crippen LogP contribution in [0, 0.1) is 0 Å². The predicted molar refractivity (Wildman–Crippen MR) is 119 cm³/mol. The molecule has 1 saturated heterocycles. The molecule has 3 aromatic rings. The maximum atomic E-state index is 13.5. The molecule has 10 heteroatoms. The number of nitrogens with one attached hydrogen (secondary N) is 1. The van der Waals surface area contributed by atoms with Crippen LogP contribution in [0.4, 0.5) is 0 Å². The van der Waals surface area contributed by atoms with Gasteiger partial charge in [-0.1, -0.05) is 42.0 Å². The standard InChI is InChI=1S/C22H27N5O4S/c1-31-14-13-26-20-11-10-18(15-19(20)24-25-26)32(29,30)27-12-6-5-9-21(27)22(28)23-16-17-7-3-2-4-8-17/h2-4,7-8,10-11,15,21H,5-6,9,12-14,16H2,1H3,(H,23,28)/t21-/m0/s1. The maximum absolute atomic E-state index is 13.5. The molecule has 0 radical (unpaired) electrons. The highest BCUT2D eigenvalue weighted by molar-refractivity contribution is 7.89. The Morgan fingerprint density at radius 2 is 2.00 bits per heavy atom. The molecule has 1 atom stereocenters. The van der Waals surface area contributed by atoms with E-state index in [1.165, 1.54) is 10.4 Å². The Hall–Kier alpha value is -2.82. The number of ether oxygens (including phenoxy) is 1. The first-order valence-corrected chi connectivity index (χ1v) is 12.1. The molecule has 1 aliphatic rings. The van der Waals surface area contributed by atoms with Crippen LogP contribution in [0.1, 0.15) is 24.8 Å². The van der Waals surface area contributed by atoms with Crippen molar-refractivity contribution < 1.29 is 17.9 Å². The van der Waals surface area contributed by atoms with Crippen molar-refractivity contribution in [3.8, 4) is 0 Å². The number of sulfonamides is 1. The largest absolute Gasteiger partial charge is 0.383 e. The molecule has 170 valence electrons. The van der Waals surface area contributed by atoms with Crippen molar-refractivity contribution in [2.75, 3.05) is 20.3 Å². The lowest BCUT2D eigenvalue weighted by atomic mass is 10.0. The summed E-state index contributed by atoms with van der Waals surface area (Å²) in [4.78, 5) is 13.0. The van der Waals surface area contributed by atoms with Crippen LogP contribution < -0.4 is 5.32 Å². The first kappa shape index (κ1) is 22.4. The number of carbonyl (C=O) groups excluding carboxylic acids is 1. The SMILES string of the molecule is COCCn1nnc2cc(S(=O)(=O)N3CCCC[C@H]3C(=O)NCc3ccccc3)ccc21. The monoisotopic (exact) mass is 457 g/mol. The normalized spacial score (nSPS) is 17.5. The van der Waals surface area contributed by atoms with Gasteiger partial charge >= 0.3 is 0 Å². The lowest BCUT2D eigenvalue weighted by Crippen LogP contribution is -2.51. The van der Waals surface area contributed by atoms with Gasteiger partial charge in [-0.2, -0.15) is 4.31 Å². The maximum Gasteiger partial charge on any atom is 0.243 e. The van der Waals surface area contributed by atoms with Gasteiger partial charge in [0.25, 0.3) is 0 Å². The topological polar surface area (TPSA) is 106 Å². The summed E-state index contributed by atoms with van der Waals surface area (Å²) in [6, 6.07) is 13.6. The van der Waals surface area contributed by atoms with Crippen molar-refractivity contribution >= 4 is 27.0 Å². The summed E-state index contributed by atoms with van der Waals surface area (Å²) in [6.07, 6.45) is 2.02. The number of piperidine rings is 1. The fourth-order valence-corrected chi connectivity index (χ4v) is 5.63. The quantitative estimate of drug-likeness (QED) is 0.554. The van der Waals surface area contributed by atoms with Crippen molar-refractivity contribution in [1.29, 1.82) is 0 Å². The van der Waals surface area contributed by atoms with Crippen molar-refractivity contribution in [2.24, 2.45) is 0 Å². The Morgan fingerprint density at radius 3 is 2.78 bits per heavy atom. The van der Waals surface area contributed by atoms with Crippen molar-refractivity contribution in [3.63, 3.8) is 0 Å². The zero-order valence-electron chi connectivity index (χ0n) is 18.0. The molecule has 2 heterocycles. The van der Waals surface area contributed by atoms with E-state index < -0.39 is 16.1 Å². The van der Waals surface area contributed by atoms with Crippen LogP contribution in [-0.4, -0.2) is 59.9 Å². The zero-order chi connectivity index (χ0) is 22.6. The van der Waals surface area contributed by atoms with Crippen LogP contribution in [0.5, 0.6) is 0 Å². The smallest absolute Gasteiger partial charge is 0.243 e. The van der Waals surface area contributed by atoms with Gasteiger partial charge < -0.3 is 10.1 Å². The van der Waals surface area contributed by atoms with Crippen LogP contribution >= 0.6 is 0 Å². The van der Waals surface area contributed by atoms with Gasteiger partial charge in [0, 0.05) is 20.2 Å². The molecule has 0 spiro atoms. The Bertz CT molecular complexity index is 1180. The summed E-state index contributed by atoms with van der Waals surface area (Å²) in [5.74, 6) is -0.274. The van der Waals surface area contributed by atoms with Gasteiger partial charge in [0.05, 0.1) is 23.6 Å². The molecule has 1 N–H and O–H groups in total. The molecule has 1 fully saturated rings. The van der Waals surface area contributed by atoms with E-state index in [2.05, 4.69) is 15.6 Å². The van der Waals surface area contributed by atoms with Gasteiger partial charge in [-0.3, -0.25) is 4.79 Å². The third kappa shape index (κ3) is 4.67. The molecule has 0 unspecified atom stereocenters. The number of hydrogen-bond acceptors (Lipinski definition) is 6. The number of nitrogens with zero attached hydrogens (tertiary/aromatic N) is 4. The first-order valence-electron chi connectivity index (χ1n) is 10.7. The second kappa shape index (κ2) is 9.76. The summed E-state index contributed by atoms with van der Waals surface area (Å²) in [6.45, 7) is 1.67. The number of fused-ring (bicyclic) bond motifs is 1. The number of amides is 1. The number of rotatable bonds is 8. The Labute approximate surface area is 187 Å². The number of methoxy groups -OCH3 is 1. The first-order chi connectivity index (χ1) is 15.5. The van der Waals surface area contributed by atoms with E-state index in [0.717, 1.165) is 23.9 Å². The Kier molecular flexibility index (Phi) is 6.83. The highest BCUT2D eigenvalue weighted by Crippen LogP contribution is 2.27. The molecule has 1 amide bonds. The summed E-state index contributed by atoms with van der Waals surface area (Å²) in [7, 11) is -2.26. The summed E-state index contributed by atoms with van der Waals surface area (Å²) in [5.41, 5.74) is 2.19. The predicted octanol–water partition coefficient (Wildman–Crippen LogP) is 1.94. The highest BCUT2D eigenvalue weighted by atomic mass is 32.2. The molecule has 32 heavy (non-hydrogen) atoms. The van der Waals surface area contributed by atoms with Crippen LogP contribution in [-0.2, 0) is 32.6 Å². The third-order valence-electron chi connectivity index (χ3n) is 5.67. The fraction of sp³-hybridized carbons (Fsp3) is 0.409. The van der Waals surface area contributed by atoms with Gasteiger partial charge in [-0.25, -0.2) is 13.1 Å². The number of carbonyl (C=O) groups is 1. The molecule has 0 bridgehead atoms. The summed E-state index contributed by atoms with van der Waals surface area (Å²) >= 11 is 0. The van der Waals surface area contributed by atoms with Gasteiger partial charge in [0.2, 0.25) is 15.9 Å². The second-order valence-corrected chi connectivity index (χ2v) is 9.68.